The number of esters is 1. The van der Waals surface area contributed by atoms with Crippen molar-refractivity contribution in [1.82, 2.24) is 4.90 Å². The summed E-state index contributed by atoms with van der Waals surface area (Å²) in [5.74, 6) is 0.434. The molecule has 0 bridgehead atoms. The molecule has 1 saturated carbocycles. The molecule has 0 amide bonds. The Morgan fingerprint density at radius 1 is 1.33 bits per heavy atom. The molecule has 0 aromatic carbocycles. The maximum atomic E-state index is 12.0. The van der Waals surface area contributed by atoms with Crippen LogP contribution < -0.4 is 0 Å². The highest BCUT2D eigenvalue weighted by molar-refractivity contribution is 5.77. The lowest BCUT2D eigenvalue weighted by Crippen LogP contribution is -2.45. The van der Waals surface area contributed by atoms with Crippen molar-refractivity contribution < 1.29 is 14.6 Å². The van der Waals surface area contributed by atoms with Crippen LogP contribution in [-0.4, -0.2) is 49.3 Å². The van der Waals surface area contributed by atoms with Gasteiger partial charge in [0.1, 0.15) is 0 Å². The van der Waals surface area contributed by atoms with E-state index >= 15 is 0 Å². The Bertz CT molecular complexity index is 279. The topological polar surface area (TPSA) is 49.8 Å². The predicted octanol–water partition coefficient (Wildman–Crippen LogP) is 1.42. The van der Waals surface area contributed by atoms with Crippen LogP contribution in [0.5, 0.6) is 0 Å². The summed E-state index contributed by atoms with van der Waals surface area (Å²) in [5.41, 5.74) is -0.249. The first kappa shape index (κ1) is 13.8. The van der Waals surface area contributed by atoms with E-state index in [-0.39, 0.29) is 11.4 Å². The van der Waals surface area contributed by atoms with Gasteiger partial charge in [-0.1, -0.05) is 12.8 Å². The van der Waals surface area contributed by atoms with Crippen molar-refractivity contribution in [3.05, 3.63) is 0 Å². The van der Waals surface area contributed by atoms with Crippen LogP contribution in [-0.2, 0) is 9.53 Å². The fourth-order valence-electron chi connectivity index (χ4n) is 3.45. The molecule has 4 nitrogen and oxygen atoms in total. The molecule has 0 aromatic rings. The summed E-state index contributed by atoms with van der Waals surface area (Å²) in [4.78, 5) is 14.4. The van der Waals surface area contributed by atoms with Gasteiger partial charge in [0, 0.05) is 13.2 Å². The van der Waals surface area contributed by atoms with Crippen molar-refractivity contribution in [2.75, 3.05) is 33.4 Å². The lowest BCUT2D eigenvalue weighted by atomic mass is 9.84. The van der Waals surface area contributed by atoms with Crippen LogP contribution in [0.25, 0.3) is 0 Å². The average Bonchev–Trinajstić information content (AvgIpc) is 2.88. The number of likely N-dealkylation sites (tertiary alicyclic amines) is 1. The number of methoxy groups -OCH3 is 1. The number of piperidine rings is 1. The molecule has 0 atom stereocenters. The fraction of sp³-hybridized carbons (Fsp3) is 0.929. The van der Waals surface area contributed by atoms with Gasteiger partial charge in [-0.2, -0.15) is 0 Å². The van der Waals surface area contributed by atoms with Crippen LogP contribution in [0.4, 0.5) is 0 Å². The van der Waals surface area contributed by atoms with Crippen molar-refractivity contribution in [3.63, 3.8) is 0 Å². The molecule has 1 aliphatic carbocycles. The van der Waals surface area contributed by atoms with Gasteiger partial charge >= 0.3 is 5.97 Å². The highest BCUT2D eigenvalue weighted by atomic mass is 16.5. The standard InChI is InChI=1S/C14H25NO3/c1-18-13(17)14(6-2-3-7-14)11-15-8-4-12(10-16)5-9-15/h12,16H,2-11H2,1H3. The molecule has 1 heterocycles. The quantitative estimate of drug-likeness (QED) is 0.772. The van der Waals surface area contributed by atoms with E-state index in [0.29, 0.717) is 12.5 Å². The molecule has 2 fully saturated rings. The number of ether oxygens (including phenoxy) is 1. The molecule has 4 heteroatoms. The molecule has 2 aliphatic rings. The van der Waals surface area contributed by atoms with E-state index < -0.39 is 0 Å². The molecule has 0 unspecified atom stereocenters. The Balaban J connectivity index is 1.92. The smallest absolute Gasteiger partial charge is 0.313 e. The van der Waals surface area contributed by atoms with E-state index in [4.69, 9.17) is 9.84 Å². The number of aliphatic hydroxyl groups excluding tert-OH is 1. The molecular formula is C14H25NO3. The van der Waals surface area contributed by atoms with Gasteiger partial charge in [0.2, 0.25) is 0 Å². The van der Waals surface area contributed by atoms with Crippen LogP contribution in [0, 0.1) is 11.3 Å². The average molecular weight is 255 g/mol. The summed E-state index contributed by atoms with van der Waals surface area (Å²) >= 11 is 0. The van der Waals surface area contributed by atoms with Crippen molar-refractivity contribution in [2.24, 2.45) is 11.3 Å². The van der Waals surface area contributed by atoms with Crippen LogP contribution >= 0.6 is 0 Å². The lowest BCUT2D eigenvalue weighted by Gasteiger charge is -2.37. The molecule has 1 aliphatic heterocycles. The minimum atomic E-state index is -0.249. The first-order valence-electron chi connectivity index (χ1n) is 7.12. The number of hydrogen-bond donors (Lipinski definition) is 1. The fourth-order valence-corrected chi connectivity index (χ4v) is 3.45. The zero-order valence-electron chi connectivity index (χ0n) is 11.4. The highest BCUT2D eigenvalue weighted by Crippen LogP contribution is 2.40. The van der Waals surface area contributed by atoms with Crippen LogP contribution in [0.1, 0.15) is 38.5 Å². The van der Waals surface area contributed by atoms with Crippen molar-refractivity contribution in [1.29, 1.82) is 0 Å². The summed E-state index contributed by atoms with van der Waals surface area (Å²) in [6.07, 6.45) is 6.32. The van der Waals surface area contributed by atoms with Crippen LogP contribution in [0.2, 0.25) is 0 Å². The number of aliphatic hydroxyl groups is 1. The second-order valence-electron chi connectivity index (χ2n) is 5.88. The number of rotatable bonds is 4. The van der Waals surface area contributed by atoms with Gasteiger partial charge in [0.25, 0.3) is 0 Å². The summed E-state index contributed by atoms with van der Waals surface area (Å²) in [6, 6.07) is 0. The molecule has 104 valence electrons. The normalized spacial score (nSPS) is 25.2. The van der Waals surface area contributed by atoms with Gasteiger partial charge in [-0.15, -0.1) is 0 Å². The maximum absolute atomic E-state index is 12.0. The molecule has 0 radical (unpaired) electrons. The molecule has 0 spiro atoms. The summed E-state index contributed by atoms with van der Waals surface area (Å²) in [7, 11) is 1.50. The number of hydrogen-bond acceptors (Lipinski definition) is 4. The first-order valence-corrected chi connectivity index (χ1v) is 7.12. The van der Waals surface area contributed by atoms with Gasteiger partial charge < -0.3 is 14.7 Å². The minimum Gasteiger partial charge on any atom is -0.469 e. The van der Waals surface area contributed by atoms with E-state index in [1.54, 1.807) is 0 Å². The Hall–Kier alpha value is -0.610. The monoisotopic (exact) mass is 255 g/mol. The highest BCUT2D eigenvalue weighted by Gasteiger charge is 2.43. The van der Waals surface area contributed by atoms with E-state index in [1.165, 1.54) is 7.11 Å². The molecule has 1 saturated heterocycles. The number of nitrogens with zero attached hydrogens (tertiary/aromatic N) is 1. The zero-order valence-corrected chi connectivity index (χ0v) is 11.4. The number of carbonyl (C=O) groups is 1. The second kappa shape index (κ2) is 6.02. The van der Waals surface area contributed by atoms with E-state index in [2.05, 4.69) is 4.90 Å². The van der Waals surface area contributed by atoms with Crippen molar-refractivity contribution >= 4 is 5.97 Å². The van der Waals surface area contributed by atoms with Crippen LogP contribution in [0.15, 0.2) is 0 Å². The van der Waals surface area contributed by atoms with Gasteiger partial charge in [-0.05, 0) is 44.7 Å². The Kier molecular flexibility index (Phi) is 4.62. The third-order valence-corrected chi connectivity index (χ3v) is 4.67. The van der Waals surface area contributed by atoms with Gasteiger partial charge in [-0.3, -0.25) is 4.79 Å². The van der Waals surface area contributed by atoms with Gasteiger partial charge in [0.05, 0.1) is 12.5 Å². The van der Waals surface area contributed by atoms with Crippen molar-refractivity contribution in [2.45, 2.75) is 38.5 Å². The third-order valence-electron chi connectivity index (χ3n) is 4.67. The Morgan fingerprint density at radius 2 is 1.94 bits per heavy atom. The maximum Gasteiger partial charge on any atom is 0.313 e. The van der Waals surface area contributed by atoms with E-state index in [1.807, 2.05) is 0 Å². The second-order valence-corrected chi connectivity index (χ2v) is 5.88. The molecule has 0 aromatic heterocycles. The Morgan fingerprint density at radius 3 is 2.44 bits per heavy atom. The van der Waals surface area contributed by atoms with Crippen LogP contribution in [0.3, 0.4) is 0 Å². The molecule has 1 N–H and O–H groups in total. The molecule has 18 heavy (non-hydrogen) atoms. The SMILES string of the molecule is COC(=O)C1(CN2CCC(CO)CC2)CCCC1. The van der Waals surface area contributed by atoms with Gasteiger partial charge in [0.15, 0.2) is 0 Å². The van der Waals surface area contributed by atoms with Gasteiger partial charge in [-0.25, -0.2) is 0 Å². The van der Waals surface area contributed by atoms with E-state index in [9.17, 15) is 4.79 Å². The summed E-state index contributed by atoms with van der Waals surface area (Å²) in [6.45, 7) is 3.15. The molecular weight excluding hydrogens is 230 g/mol. The predicted molar refractivity (Wildman–Crippen MR) is 69.2 cm³/mol. The minimum absolute atomic E-state index is 0.0238. The largest absolute Gasteiger partial charge is 0.469 e. The Labute approximate surface area is 109 Å². The van der Waals surface area contributed by atoms with E-state index in [0.717, 1.165) is 58.2 Å². The summed E-state index contributed by atoms with van der Waals surface area (Å²) < 4.78 is 5.02. The zero-order chi connectivity index (χ0) is 13.0. The lowest BCUT2D eigenvalue weighted by molar-refractivity contribution is -0.154. The third kappa shape index (κ3) is 2.86. The summed E-state index contributed by atoms with van der Waals surface area (Å²) in [5, 5.41) is 9.15. The number of carbonyl (C=O) groups excluding carboxylic acids is 1. The van der Waals surface area contributed by atoms with Crippen molar-refractivity contribution in [3.8, 4) is 0 Å². The first-order chi connectivity index (χ1) is 8.70. The molecule has 2 rings (SSSR count).